The van der Waals surface area contributed by atoms with E-state index in [2.05, 4.69) is 44.1 Å². The number of aromatic nitrogens is 4. The van der Waals surface area contributed by atoms with Gasteiger partial charge in [-0.1, -0.05) is 6.07 Å². The molecule has 1 aromatic carbocycles. The highest BCUT2D eigenvalue weighted by atomic mass is 19.3. The molecule has 0 aliphatic carbocycles. The summed E-state index contributed by atoms with van der Waals surface area (Å²) in [6.07, 6.45) is 7.40. The van der Waals surface area contributed by atoms with Crippen molar-refractivity contribution in [3.05, 3.63) is 78.3 Å². The Hall–Kier alpha value is -3.55. The Labute approximate surface area is 158 Å². The highest BCUT2D eigenvalue weighted by molar-refractivity contribution is 5.99. The molecule has 5 rings (SSSR count). The summed E-state index contributed by atoms with van der Waals surface area (Å²) in [6.45, 7) is 0. The van der Waals surface area contributed by atoms with Crippen LogP contribution in [0.1, 0.15) is 29.4 Å². The van der Waals surface area contributed by atoms with Crippen molar-refractivity contribution in [2.24, 2.45) is 12.0 Å². The highest BCUT2D eigenvalue weighted by Crippen LogP contribution is 2.26. The van der Waals surface area contributed by atoms with Gasteiger partial charge in [0.05, 0.1) is 18.4 Å². The van der Waals surface area contributed by atoms with E-state index < -0.39 is 6.43 Å². The number of nitrogens with zero attached hydrogens (tertiary/aromatic N) is 5. The lowest BCUT2D eigenvalue weighted by Crippen LogP contribution is -2.24. The summed E-state index contributed by atoms with van der Waals surface area (Å²) in [7, 11) is 2.01. The Balaban J connectivity index is 1.56. The van der Waals surface area contributed by atoms with Crippen LogP contribution < -0.4 is 5.32 Å². The largest absolute Gasteiger partial charge is 0.351 e. The number of hydrogen-bond acceptors (Lipinski definition) is 4. The van der Waals surface area contributed by atoms with Crippen molar-refractivity contribution in [2.45, 2.75) is 12.5 Å². The fourth-order valence-electron chi connectivity index (χ4n) is 3.44. The summed E-state index contributed by atoms with van der Waals surface area (Å²) >= 11 is 0. The van der Waals surface area contributed by atoms with E-state index >= 15 is 0 Å². The lowest BCUT2D eigenvalue weighted by atomic mass is 10.0. The van der Waals surface area contributed by atoms with Gasteiger partial charge in [-0.05, 0) is 35.2 Å². The number of halogens is 2. The monoisotopic (exact) mass is 378 g/mol. The van der Waals surface area contributed by atoms with E-state index in [0.717, 1.165) is 16.5 Å². The number of nitrogens with one attached hydrogen (secondary N) is 1. The maximum absolute atomic E-state index is 13.0. The van der Waals surface area contributed by atoms with Crippen LogP contribution in [0.3, 0.4) is 0 Å². The third kappa shape index (κ3) is 2.65. The first-order chi connectivity index (χ1) is 13.6. The average molecular weight is 378 g/mol. The molecule has 1 unspecified atom stereocenters. The zero-order valence-electron chi connectivity index (χ0n) is 14.9. The minimum absolute atomic E-state index is 0.178. The molecule has 4 heterocycles. The summed E-state index contributed by atoms with van der Waals surface area (Å²) in [5.74, 6) is 0.569. The number of alkyl halides is 2. The van der Waals surface area contributed by atoms with Crippen molar-refractivity contribution in [3.8, 4) is 0 Å². The molecule has 0 saturated heterocycles. The SMILES string of the molecule is Cn1ccc2cc(C3C=CNC(c4cnc5cnc(C(F)F)cn45)=N3)ccc21. The van der Waals surface area contributed by atoms with Gasteiger partial charge in [-0.2, -0.15) is 0 Å². The van der Waals surface area contributed by atoms with Gasteiger partial charge >= 0.3 is 0 Å². The molecule has 1 N–H and O–H groups in total. The predicted octanol–water partition coefficient (Wildman–Crippen LogP) is 3.76. The number of aryl methyl sites for hydroxylation is 1. The number of imidazole rings is 1. The van der Waals surface area contributed by atoms with Crippen molar-refractivity contribution in [3.63, 3.8) is 0 Å². The first-order valence-electron chi connectivity index (χ1n) is 8.78. The van der Waals surface area contributed by atoms with Crippen LogP contribution >= 0.6 is 0 Å². The summed E-state index contributed by atoms with van der Waals surface area (Å²) in [5.41, 5.74) is 3.00. The van der Waals surface area contributed by atoms with Gasteiger partial charge in [0.1, 0.15) is 11.4 Å². The second-order valence-electron chi connectivity index (χ2n) is 6.66. The molecule has 1 aliphatic heterocycles. The fraction of sp³-hybridized carbons (Fsp3) is 0.150. The molecule has 140 valence electrons. The topological polar surface area (TPSA) is 59.5 Å². The maximum Gasteiger partial charge on any atom is 0.281 e. The average Bonchev–Trinajstić information content (AvgIpc) is 3.31. The molecule has 0 radical (unpaired) electrons. The molecule has 0 bridgehead atoms. The van der Waals surface area contributed by atoms with E-state index in [9.17, 15) is 8.78 Å². The lowest BCUT2D eigenvalue weighted by Gasteiger charge is -2.17. The first-order valence-corrected chi connectivity index (χ1v) is 8.78. The van der Waals surface area contributed by atoms with Gasteiger partial charge in [0, 0.05) is 31.2 Å². The van der Waals surface area contributed by atoms with Crippen LogP contribution in [0.15, 0.2) is 66.3 Å². The van der Waals surface area contributed by atoms with Crippen molar-refractivity contribution in [1.29, 1.82) is 0 Å². The van der Waals surface area contributed by atoms with Crippen molar-refractivity contribution in [2.75, 3.05) is 0 Å². The van der Waals surface area contributed by atoms with E-state index in [1.165, 1.54) is 12.4 Å². The van der Waals surface area contributed by atoms with E-state index in [1.54, 1.807) is 10.6 Å². The van der Waals surface area contributed by atoms with Gasteiger partial charge in [0.25, 0.3) is 6.43 Å². The summed E-state index contributed by atoms with van der Waals surface area (Å²) < 4.78 is 29.7. The van der Waals surface area contributed by atoms with Crippen molar-refractivity contribution < 1.29 is 8.78 Å². The summed E-state index contributed by atoms with van der Waals surface area (Å²) in [6, 6.07) is 8.13. The zero-order valence-corrected chi connectivity index (χ0v) is 14.9. The molecule has 3 aromatic heterocycles. The minimum Gasteiger partial charge on any atom is -0.351 e. The number of hydrogen-bond donors (Lipinski definition) is 1. The highest BCUT2D eigenvalue weighted by Gasteiger charge is 2.18. The molecular weight excluding hydrogens is 362 g/mol. The Morgan fingerprint density at radius 2 is 2.04 bits per heavy atom. The molecular formula is C20H16F2N6. The second kappa shape index (κ2) is 6.26. The quantitative estimate of drug-likeness (QED) is 0.591. The number of rotatable bonds is 3. The smallest absolute Gasteiger partial charge is 0.281 e. The summed E-state index contributed by atoms with van der Waals surface area (Å²) in [5, 5.41) is 4.24. The normalized spacial score (nSPS) is 16.7. The molecule has 28 heavy (non-hydrogen) atoms. The zero-order chi connectivity index (χ0) is 19.3. The molecule has 0 spiro atoms. The number of aliphatic imine (C=N–C) groups is 1. The minimum atomic E-state index is -2.65. The van der Waals surface area contributed by atoms with Gasteiger partial charge in [0.15, 0.2) is 11.5 Å². The van der Waals surface area contributed by atoms with Gasteiger partial charge in [0.2, 0.25) is 0 Å². The van der Waals surface area contributed by atoms with E-state index in [-0.39, 0.29) is 11.7 Å². The molecule has 6 nitrogen and oxygen atoms in total. The molecule has 0 saturated carbocycles. The van der Waals surface area contributed by atoms with Crippen LogP contribution in [-0.2, 0) is 7.05 Å². The van der Waals surface area contributed by atoms with Gasteiger partial charge < -0.3 is 9.88 Å². The predicted molar refractivity (Wildman–Crippen MR) is 102 cm³/mol. The Kier molecular flexibility index (Phi) is 3.71. The van der Waals surface area contributed by atoms with Gasteiger partial charge in [-0.3, -0.25) is 9.39 Å². The van der Waals surface area contributed by atoms with Gasteiger partial charge in [-0.25, -0.2) is 18.7 Å². The van der Waals surface area contributed by atoms with Crippen LogP contribution in [0.4, 0.5) is 8.78 Å². The Morgan fingerprint density at radius 3 is 2.89 bits per heavy atom. The molecule has 1 aliphatic rings. The lowest BCUT2D eigenvalue weighted by molar-refractivity contribution is 0.145. The van der Waals surface area contributed by atoms with Crippen LogP contribution in [0, 0.1) is 0 Å². The molecule has 1 atom stereocenters. The fourth-order valence-corrected chi connectivity index (χ4v) is 3.44. The molecule has 0 fully saturated rings. The van der Waals surface area contributed by atoms with Crippen molar-refractivity contribution in [1.82, 2.24) is 24.3 Å². The number of fused-ring (bicyclic) bond motifs is 2. The van der Waals surface area contributed by atoms with Crippen molar-refractivity contribution >= 4 is 22.4 Å². The number of benzene rings is 1. The van der Waals surface area contributed by atoms with Crippen LogP contribution in [0.5, 0.6) is 0 Å². The molecule has 4 aromatic rings. The Morgan fingerprint density at radius 1 is 1.14 bits per heavy atom. The third-order valence-electron chi connectivity index (χ3n) is 4.90. The van der Waals surface area contributed by atoms with Crippen LogP contribution in [0.25, 0.3) is 16.6 Å². The van der Waals surface area contributed by atoms with E-state index in [1.807, 2.05) is 25.5 Å². The van der Waals surface area contributed by atoms with Crippen LogP contribution in [-0.4, -0.2) is 24.8 Å². The van der Waals surface area contributed by atoms with Gasteiger partial charge in [-0.15, -0.1) is 0 Å². The van der Waals surface area contributed by atoms with Crippen LogP contribution in [0.2, 0.25) is 0 Å². The Bertz CT molecular complexity index is 1250. The molecule has 0 amide bonds. The first kappa shape index (κ1) is 16.6. The molecule has 8 heteroatoms. The maximum atomic E-state index is 13.0. The van der Waals surface area contributed by atoms with E-state index in [4.69, 9.17) is 4.99 Å². The summed E-state index contributed by atoms with van der Waals surface area (Å²) in [4.78, 5) is 12.8. The van der Waals surface area contributed by atoms with E-state index in [0.29, 0.717) is 17.2 Å². The number of amidine groups is 1. The third-order valence-corrected chi connectivity index (χ3v) is 4.90. The standard InChI is InChI=1S/C20H16F2N6/c1-27-7-5-13-8-12(2-3-16(13)27)14-4-6-23-20(26-14)17-9-25-18-10-24-15(19(21)22)11-28(17)18/h2-11,14,19H,1H3,(H,23,26). The second-order valence-corrected chi connectivity index (χ2v) is 6.66.